The maximum Gasteiger partial charge on any atom is 0.0522 e. The van der Waals surface area contributed by atoms with Crippen LogP contribution in [0.5, 0.6) is 0 Å². The van der Waals surface area contributed by atoms with Crippen LogP contribution < -0.4 is 5.32 Å². The van der Waals surface area contributed by atoms with Crippen molar-refractivity contribution in [1.29, 1.82) is 0 Å². The fourth-order valence-corrected chi connectivity index (χ4v) is 2.41. The number of nitrogens with zero attached hydrogens (tertiary/aromatic N) is 3. The van der Waals surface area contributed by atoms with Gasteiger partial charge in [-0.15, -0.1) is 0 Å². The molecule has 2 aromatic rings. The lowest BCUT2D eigenvalue weighted by atomic mass is 9.98. The monoisotopic (exact) mass is 272 g/mol. The molecule has 0 aliphatic rings. The van der Waals surface area contributed by atoms with E-state index >= 15 is 0 Å². The molecular formula is C16H24N4. The standard InChI is InChI=1S/C16H24N4/c1-4-7-18-16(15-6-8-17-10-13(15)3)9-14-11-19-20(5-2)12-14/h6,8,10-12,16,18H,4-5,7,9H2,1-3H3. The molecule has 0 saturated carbocycles. The summed E-state index contributed by atoms with van der Waals surface area (Å²) in [7, 11) is 0. The van der Waals surface area contributed by atoms with Gasteiger partial charge in [0.25, 0.3) is 0 Å². The summed E-state index contributed by atoms with van der Waals surface area (Å²) in [6.45, 7) is 8.36. The third-order valence-electron chi connectivity index (χ3n) is 3.53. The van der Waals surface area contributed by atoms with Gasteiger partial charge in [-0.05, 0) is 56.0 Å². The first-order chi connectivity index (χ1) is 9.74. The summed E-state index contributed by atoms with van der Waals surface area (Å²) < 4.78 is 1.98. The quantitative estimate of drug-likeness (QED) is 0.842. The van der Waals surface area contributed by atoms with Gasteiger partial charge in [0.2, 0.25) is 0 Å². The Morgan fingerprint density at radius 2 is 2.15 bits per heavy atom. The molecule has 1 N–H and O–H groups in total. The lowest BCUT2D eigenvalue weighted by molar-refractivity contribution is 0.526. The number of rotatable bonds is 7. The molecule has 4 heteroatoms. The van der Waals surface area contributed by atoms with Crippen LogP contribution in [-0.4, -0.2) is 21.3 Å². The van der Waals surface area contributed by atoms with Crippen LogP contribution >= 0.6 is 0 Å². The second kappa shape index (κ2) is 7.20. The highest BCUT2D eigenvalue weighted by molar-refractivity contribution is 5.27. The SMILES string of the molecule is CCCNC(Cc1cnn(CC)c1)c1ccncc1C. The van der Waals surface area contributed by atoms with E-state index in [0.717, 1.165) is 25.9 Å². The zero-order chi connectivity index (χ0) is 14.4. The molecule has 0 saturated heterocycles. The van der Waals surface area contributed by atoms with Crippen LogP contribution in [0.2, 0.25) is 0 Å². The molecule has 108 valence electrons. The average Bonchev–Trinajstić information content (AvgIpc) is 2.92. The molecule has 0 amide bonds. The van der Waals surface area contributed by atoms with Gasteiger partial charge in [-0.3, -0.25) is 9.67 Å². The van der Waals surface area contributed by atoms with Gasteiger partial charge in [-0.2, -0.15) is 5.10 Å². The molecule has 0 aliphatic heterocycles. The summed E-state index contributed by atoms with van der Waals surface area (Å²) in [5.74, 6) is 0. The van der Waals surface area contributed by atoms with Crippen molar-refractivity contribution >= 4 is 0 Å². The lowest BCUT2D eigenvalue weighted by Gasteiger charge is -2.20. The van der Waals surface area contributed by atoms with E-state index in [-0.39, 0.29) is 0 Å². The molecule has 2 aromatic heterocycles. The maximum atomic E-state index is 4.36. The van der Waals surface area contributed by atoms with E-state index in [4.69, 9.17) is 0 Å². The van der Waals surface area contributed by atoms with E-state index in [9.17, 15) is 0 Å². The minimum Gasteiger partial charge on any atom is -0.310 e. The van der Waals surface area contributed by atoms with Gasteiger partial charge in [0.05, 0.1) is 6.20 Å². The number of aromatic nitrogens is 3. The van der Waals surface area contributed by atoms with Gasteiger partial charge >= 0.3 is 0 Å². The predicted molar refractivity (Wildman–Crippen MR) is 81.6 cm³/mol. The number of nitrogens with one attached hydrogen (secondary N) is 1. The summed E-state index contributed by atoms with van der Waals surface area (Å²) in [6, 6.07) is 2.44. The van der Waals surface area contributed by atoms with Crippen molar-refractivity contribution in [3.05, 3.63) is 47.5 Å². The lowest BCUT2D eigenvalue weighted by Crippen LogP contribution is -2.24. The van der Waals surface area contributed by atoms with E-state index < -0.39 is 0 Å². The smallest absolute Gasteiger partial charge is 0.0522 e. The van der Waals surface area contributed by atoms with Crippen molar-refractivity contribution in [3.63, 3.8) is 0 Å². The minimum absolute atomic E-state index is 0.326. The summed E-state index contributed by atoms with van der Waals surface area (Å²) >= 11 is 0. The average molecular weight is 272 g/mol. The molecule has 2 heterocycles. The van der Waals surface area contributed by atoms with Crippen molar-refractivity contribution in [1.82, 2.24) is 20.1 Å². The number of hydrogen-bond donors (Lipinski definition) is 1. The Hall–Kier alpha value is -1.68. The van der Waals surface area contributed by atoms with Crippen LogP contribution in [0.15, 0.2) is 30.9 Å². The number of pyridine rings is 1. The molecule has 0 aliphatic carbocycles. The van der Waals surface area contributed by atoms with Gasteiger partial charge in [-0.1, -0.05) is 6.92 Å². The third kappa shape index (κ3) is 3.67. The predicted octanol–water partition coefficient (Wildman–Crippen LogP) is 2.89. The molecule has 0 radical (unpaired) electrons. The molecule has 1 unspecified atom stereocenters. The van der Waals surface area contributed by atoms with Gasteiger partial charge in [0, 0.05) is 31.2 Å². The van der Waals surface area contributed by atoms with E-state index in [1.54, 1.807) is 0 Å². The summed E-state index contributed by atoms with van der Waals surface area (Å²) in [5, 5.41) is 8.00. The Morgan fingerprint density at radius 1 is 1.30 bits per heavy atom. The summed E-state index contributed by atoms with van der Waals surface area (Å²) in [6.07, 6.45) is 10.0. The minimum atomic E-state index is 0.326. The topological polar surface area (TPSA) is 42.7 Å². The molecule has 0 spiro atoms. The summed E-state index contributed by atoms with van der Waals surface area (Å²) in [5.41, 5.74) is 3.85. The molecular weight excluding hydrogens is 248 g/mol. The van der Waals surface area contributed by atoms with Crippen LogP contribution in [0.1, 0.15) is 43.0 Å². The molecule has 1 atom stereocenters. The maximum absolute atomic E-state index is 4.36. The fourth-order valence-electron chi connectivity index (χ4n) is 2.41. The Morgan fingerprint density at radius 3 is 2.80 bits per heavy atom. The molecule has 0 bridgehead atoms. The molecule has 20 heavy (non-hydrogen) atoms. The first-order valence-corrected chi connectivity index (χ1v) is 7.39. The van der Waals surface area contributed by atoms with E-state index in [2.05, 4.69) is 48.4 Å². The highest BCUT2D eigenvalue weighted by Crippen LogP contribution is 2.21. The van der Waals surface area contributed by atoms with Crippen molar-refractivity contribution in [2.45, 2.75) is 46.2 Å². The van der Waals surface area contributed by atoms with Crippen molar-refractivity contribution in [2.24, 2.45) is 0 Å². The van der Waals surface area contributed by atoms with Crippen LogP contribution in [0.25, 0.3) is 0 Å². The molecule has 0 fully saturated rings. The highest BCUT2D eigenvalue weighted by atomic mass is 15.3. The van der Waals surface area contributed by atoms with E-state index in [1.165, 1.54) is 16.7 Å². The van der Waals surface area contributed by atoms with Crippen molar-refractivity contribution in [3.8, 4) is 0 Å². The van der Waals surface area contributed by atoms with Crippen molar-refractivity contribution in [2.75, 3.05) is 6.54 Å². The molecule has 0 aromatic carbocycles. The second-order valence-corrected chi connectivity index (χ2v) is 5.15. The number of hydrogen-bond acceptors (Lipinski definition) is 3. The largest absolute Gasteiger partial charge is 0.310 e. The van der Waals surface area contributed by atoms with Gasteiger partial charge in [-0.25, -0.2) is 0 Å². The first-order valence-electron chi connectivity index (χ1n) is 7.39. The van der Waals surface area contributed by atoms with Crippen LogP contribution in [0.3, 0.4) is 0 Å². The zero-order valence-corrected chi connectivity index (χ0v) is 12.6. The van der Waals surface area contributed by atoms with Gasteiger partial charge in [0.15, 0.2) is 0 Å². The van der Waals surface area contributed by atoms with Gasteiger partial charge in [0.1, 0.15) is 0 Å². The van der Waals surface area contributed by atoms with E-state index in [1.807, 2.05) is 23.3 Å². The first kappa shape index (κ1) is 14.7. The highest BCUT2D eigenvalue weighted by Gasteiger charge is 2.14. The number of aryl methyl sites for hydroxylation is 2. The second-order valence-electron chi connectivity index (χ2n) is 5.15. The Bertz CT molecular complexity index is 533. The molecule has 2 rings (SSSR count). The molecule has 4 nitrogen and oxygen atoms in total. The van der Waals surface area contributed by atoms with Crippen LogP contribution in [0.4, 0.5) is 0 Å². The zero-order valence-electron chi connectivity index (χ0n) is 12.6. The summed E-state index contributed by atoms with van der Waals surface area (Å²) in [4.78, 5) is 4.19. The third-order valence-corrected chi connectivity index (χ3v) is 3.53. The van der Waals surface area contributed by atoms with Gasteiger partial charge < -0.3 is 5.32 Å². The fraction of sp³-hybridized carbons (Fsp3) is 0.500. The normalized spacial score (nSPS) is 12.6. The Labute approximate surface area is 121 Å². The van der Waals surface area contributed by atoms with Crippen LogP contribution in [0, 0.1) is 6.92 Å². The van der Waals surface area contributed by atoms with Crippen molar-refractivity contribution < 1.29 is 0 Å². The Kier molecular flexibility index (Phi) is 5.30. The Balaban J connectivity index is 2.17. The van der Waals surface area contributed by atoms with E-state index in [0.29, 0.717) is 6.04 Å². The van der Waals surface area contributed by atoms with Crippen LogP contribution in [-0.2, 0) is 13.0 Å².